The number of carboxylic acid groups (broad SMARTS) is 1. The van der Waals surface area contributed by atoms with Crippen molar-refractivity contribution in [1.29, 1.82) is 0 Å². The number of rotatable bonds is 6. The molecule has 0 spiro atoms. The van der Waals surface area contributed by atoms with Crippen molar-refractivity contribution in [1.82, 2.24) is 14.2 Å². The molecule has 1 saturated heterocycles. The lowest BCUT2D eigenvalue weighted by Gasteiger charge is -2.37. The Labute approximate surface area is 171 Å². The molecule has 0 bridgehead atoms. The van der Waals surface area contributed by atoms with Gasteiger partial charge in [-0.2, -0.15) is 4.31 Å². The Hall–Kier alpha value is -1.74. The van der Waals surface area contributed by atoms with E-state index >= 15 is 0 Å². The summed E-state index contributed by atoms with van der Waals surface area (Å²) in [5.41, 5.74) is 1.64. The van der Waals surface area contributed by atoms with E-state index in [-0.39, 0.29) is 29.9 Å². The summed E-state index contributed by atoms with van der Waals surface area (Å²) in [5.74, 6) is -0.856. The lowest BCUT2D eigenvalue weighted by molar-refractivity contribution is -0.139. The van der Waals surface area contributed by atoms with Crippen LogP contribution in [0.4, 0.5) is 0 Å². The Morgan fingerprint density at radius 1 is 1.29 bits per heavy atom. The highest BCUT2D eigenvalue weighted by atomic mass is 35.5. The molecular formula is C19H26ClN3O4S. The third-order valence-electron chi connectivity index (χ3n) is 5.23. The minimum atomic E-state index is -3.63. The Kier molecular flexibility index (Phi) is 7.39. The van der Waals surface area contributed by atoms with Crippen LogP contribution < -0.4 is 0 Å². The van der Waals surface area contributed by atoms with Gasteiger partial charge in [0, 0.05) is 30.7 Å². The van der Waals surface area contributed by atoms with Crippen LogP contribution in [0.2, 0.25) is 0 Å². The maximum absolute atomic E-state index is 13.2. The normalized spacial score (nSPS) is 16.2. The molecule has 0 aliphatic carbocycles. The Morgan fingerprint density at radius 2 is 1.96 bits per heavy atom. The van der Waals surface area contributed by atoms with Crippen molar-refractivity contribution in [3.05, 3.63) is 36.0 Å². The second kappa shape index (κ2) is 9.17. The van der Waals surface area contributed by atoms with Crippen LogP contribution >= 0.6 is 12.4 Å². The fourth-order valence-electron chi connectivity index (χ4n) is 3.77. The Morgan fingerprint density at radius 3 is 2.57 bits per heavy atom. The Bertz CT molecular complexity index is 943. The number of piperidine rings is 1. The molecule has 2 aromatic rings. The van der Waals surface area contributed by atoms with Crippen molar-refractivity contribution < 1.29 is 18.3 Å². The van der Waals surface area contributed by atoms with E-state index in [1.54, 1.807) is 30.5 Å². The second-order valence-electron chi connectivity index (χ2n) is 6.87. The van der Waals surface area contributed by atoms with Crippen LogP contribution in [0.3, 0.4) is 0 Å². The standard InChI is InChI=1S/C19H25N3O4S.ClH/c1-3-21(13-18(23)24)15-8-11-22(12-9-15)27(25,26)17-7-6-14(2)19-16(17)5-4-10-20-19;/h4-7,10,15H,3,8-9,11-13H2,1-2H3,(H,23,24);1H. The highest BCUT2D eigenvalue weighted by Gasteiger charge is 2.32. The molecule has 3 rings (SSSR count). The van der Waals surface area contributed by atoms with Gasteiger partial charge in [0.05, 0.1) is 17.0 Å². The van der Waals surface area contributed by atoms with Gasteiger partial charge in [-0.05, 0) is 50.1 Å². The monoisotopic (exact) mass is 427 g/mol. The summed E-state index contributed by atoms with van der Waals surface area (Å²) < 4.78 is 28.0. The molecule has 0 unspecified atom stereocenters. The predicted molar refractivity (Wildman–Crippen MR) is 110 cm³/mol. The molecule has 0 saturated carbocycles. The van der Waals surface area contributed by atoms with Crippen LogP contribution in [-0.2, 0) is 14.8 Å². The van der Waals surface area contributed by atoms with Crippen LogP contribution in [-0.4, -0.2) is 65.9 Å². The predicted octanol–water partition coefficient (Wildman–Crippen LogP) is 2.52. The number of aromatic nitrogens is 1. The first kappa shape index (κ1) is 22.5. The summed E-state index contributed by atoms with van der Waals surface area (Å²) in [6, 6.07) is 7.08. The molecule has 154 valence electrons. The van der Waals surface area contributed by atoms with Crippen molar-refractivity contribution >= 4 is 39.3 Å². The molecule has 0 atom stereocenters. The van der Waals surface area contributed by atoms with Gasteiger partial charge in [0.15, 0.2) is 0 Å². The van der Waals surface area contributed by atoms with Gasteiger partial charge in [0.25, 0.3) is 0 Å². The lowest BCUT2D eigenvalue weighted by atomic mass is 10.0. The third kappa shape index (κ3) is 4.46. The summed E-state index contributed by atoms with van der Waals surface area (Å²) in [4.78, 5) is 17.5. The molecule has 2 heterocycles. The zero-order chi connectivity index (χ0) is 19.6. The molecule has 9 heteroatoms. The molecule has 0 amide bonds. The topological polar surface area (TPSA) is 90.8 Å². The van der Waals surface area contributed by atoms with Crippen LogP contribution in [0.25, 0.3) is 10.9 Å². The van der Waals surface area contributed by atoms with Crippen molar-refractivity contribution in [2.24, 2.45) is 0 Å². The number of benzene rings is 1. The minimum absolute atomic E-state index is 0. The lowest BCUT2D eigenvalue weighted by Crippen LogP contribution is -2.48. The van der Waals surface area contributed by atoms with Crippen LogP contribution in [0.1, 0.15) is 25.3 Å². The molecule has 1 fully saturated rings. The summed E-state index contributed by atoms with van der Waals surface area (Å²) >= 11 is 0. The maximum atomic E-state index is 13.2. The fourth-order valence-corrected chi connectivity index (χ4v) is 5.42. The highest BCUT2D eigenvalue weighted by molar-refractivity contribution is 7.89. The largest absolute Gasteiger partial charge is 0.480 e. The zero-order valence-corrected chi connectivity index (χ0v) is 17.7. The molecular weight excluding hydrogens is 402 g/mol. The molecule has 7 nitrogen and oxygen atoms in total. The van der Waals surface area contributed by atoms with Crippen molar-refractivity contribution in [2.75, 3.05) is 26.2 Å². The molecule has 1 N–H and O–H groups in total. The van der Waals surface area contributed by atoms with Gasteiger partial charge in [-0.3, -0.25) is 14.7 Å². The average Bonchev–Trinajstić information content (AvgIpc) is 2.66. The third-order valence-corrected chi connectivity index (χ3v) is 7.19. The SMILES string of the molecule is CCN(CC(=O)O)C1CCN(S(=O)(=O)c2ccc(C)c3ncccc23)CC1.Cl. The van der Waals surface area contributed by atoms with Gasteiger partial charge in [0.2, 0.25) is 10.0 Å². The molecule has 28 heavy (non-hydrogen) atoms. The summed E-state index contributed by atoms with van der Waals surface area (Å²) in [6.45, 7) is 5.24. The number of halogens is 1. The number of nitrogens with zero attached hydrogens (tertiary/aromatic N) is 3. The molecule has 1 aromatic heterocycles. The van der Waals surface area contributed by atoms with Gasteiger partial charge >= 0.3 is 5.97 Å². The van der Waals surface area contributed by atoms with E-state index in [0.717, 1.165) is 5.56 Å². The number of aryl methyl sites for hydroxylation is 1. The first-order valence-electron chi connectivity index (χ1n) is 9.15. The quantitative estimate of drug-likeness (QED) is 0.761. The van der Waals surface area contributed by atoms with Gasteiger partial charge in [0.1, 0.15) is 0 Å². The first-order valence-corrected chi connectivity index (χ1v) is 10.6. The Balaban J connectivity index is 0.00000280. The van der Waals surface area contributed by atoms with Crippen LogP contribution in [0.15, 0.2) is 35.4 Å². The number of pyridine rings is 1. The zero-order valence-electron chi connectivity index (χ0n) is 16.0. The number of carbonyl (C=O) groups is 1. The van der Waals surface area contributed by atoms with E-state index in [1.807, 2.05) is 18.7 Å². The number of aliphatic carboxylic acids is 1. The van der Waals surface area contributed by atoms with Gasteiger partial charge < -0.3 is 5.11 Å². The number of fused-ring (bicyclic) bond motifs is 1. The van der Waals surface area contributed by atoms with Crippen molar-refractivity contribution in [2.45, 2.75) is 37.6 Å². The number of hydrogen-bond donors (Lipinski definition) is 1. The van der Waals surface area contributed by atoms with E-state index in [2.05, 4.69) is 4.98 Å². The molecule has 1 aromatic carbocycles. The molecule has 0 radical (unpaired) electrons. The molecule has 1 aliphatic heterocycles. The minimum Gasteiger partial charge on any atom is -0.480 e. The number of likely N-dealkylation sites (N-methyl/N-ethyl adjacent to an activating group) is 1. The van der Waals surface area contributed by atoms with Gasteiger partial charge in [-0.1, -0.05) is 13.0 Å². The smallest absolute Gasteiger partial charge is 0.317 e. The molecule has 1 aliphatic rings. The van der Waals surface area contributed by atoms with Gasteiger partial charge in [-0.25, -0.2) is 8.42 Å². The summed E-state index contributed by atoms with van der Waals surface area (Å²) in [6.07, 6.45) is 2.92. The second-order valence-corrected chi connectivity index (χ2v) is 8.78. The van der Waals surface area contributed by atoms with Crippen LogP contribution in [0, 0.1) is 6.92 Å². The number of hydrogen-bond acceptors (Lipinski definition) is 5. The first-order chi connectivity index (χ1) is 12.8. The summed E-state index contributed by atoms with van der Waals surface area (Å²) in [7, 11) is -3.63. The summed E-state index contributed by atoms with van der Waals surface area (Å²) in [5, 5.41) is 9.68. The number of sulfonamides is 1. The van der Waals surface area contributed by atoms with Crippen molar-refractivity contribution in [3.63, 3.8) is 0 Å². The number of carboxylic acids is 1. The maximum Gasteiger partial charge on any atom is 0.317 e. The van der Waals surface area contributed by atoms with E-state index in [4.69, 9.17) is 5.11 Å². The average molecular weight is 428 g/mol. The van der Waals surface area contributed by atoms with E-state index in [1.165, 1.54) is 4.31 Å². The van der Waals surface area contributed by atoms with E-state index in [9.17, 15) is 13.2 Å². The van der Waals surface area contributed by atoms with Crippen LogP contribution in [0.5, 0.6) is 0 Å². The van der Waals surface area contributed by atoms with Gasteiger partial charge in [-0.15, -0.1) is 12.4 Å². The fraction of sp³-hybridized carbons (Fsp3) is 0.474. The van der Waals surface area contributed by atoms with E-state index in [0.29, 0.717) is 43.4 Å². The highest BCUT2D eigenvalue weighted by Crippen LogP contribution is 2.29. The van der Waals surface area contributed by atoms with Crippen molar-refractivity contribution in [3.8, 4) is 0 Å². The van der Waals surface area contributed by atoms with E-state index < -0.39 is 16.0 Å².